The molecule has 9 heteroatoms. The summed E-state index contributed by atoms with van der Waals surface area (Å²) < 4.78 is 16.5. The molecule has 1 heterocycles. The molecule has 5 rings (SSSR count). The van der Waals surface area contributed by atoms with Gasteiger partial charge in [0, 0.05) is 12.6 Å². The summed E-state index contributed by atoms with van der Waals surface area (Å²) >= 11 is 0. The third kappa shape index (κ3) is 5.73. The highest BCUT2D eigenvalue weighted by atomic mass is 19.1. The van der Waals surface area contributed by atoms with Crippen LogP contribution in [0.15, 0.2) is 66.7 Å². The number of nitrogens with one attached hydrogen (secondary N) is 1. The Morgan fingerprint density at radius 2 is 1.93 bits per heavy atom. The summed E-state index contributed by atoms with van der Waals surface area (Å²) in [6.45, 7) is 2.20. The Morgan fingerprint density at radius 1 is 1.12 bits per heavy atom. The van der Waals surface area contributed by atoms with E-state index in [0.717, 1.165) is 23.1 Å². The van der Waals surface area contributed by atoms with Crippen molar-refractivity contribution in [1.29, 1.82) is 10.5 Å². The largest absolute Gasteiger partial charge is 0.326 e. The molecule has 1 atom stereocenters. The van der Waals surface area contributed by atoms with E-state index in [1.54, 1.807) is 42.5 Å². The molecular weight excluding hydrogens is 517 g/mol. The molecule has 4 aromatic rings. The molecule has 0 saturated heterocycles. The number of rotatable bonds is 9. The zero-order chi connectivity index (χ0) is 29.1. The second kappa shape index (κ2) is 11.3. The number of carbonyl (C=O) groups excluding carboxylic acids is 1. The van der Waals surface area contributed by atoms with E-state index < -0.39 is 17.3 Å². The van der Waals surface area contributed by atoms with Gasteiger partial charge in [-0.05, 0) is 84.3 Å². The van der Waals surface area contributed by atoms with E-state index in [0.29, 0.717) is 35.7 Å². The van der Waals surface area contributed by atoms with Crippen LogP contribution in [0.5, 0.6) is 0 Å². The van der Waals surface area contributed by atoms with Crippen molar-refractivity contribution >= 4 is 11.6 Å². The Labute approximate surface area is 238 Å². The van der Waals surface area contributed by atoms with Gasteiger partial charge in [-0.25, -0.2) is 9.07 Å². The molecule has 1 saturated carbocycles. The van der Waals surface area contributed by atoms with Gasteiger partial charge in [-0.1, -0.05) is 37.1 Å². The molecule has 41 heavy (non-hydrogen) atoms. The van der Waals surface area contributed by atoms with E-state index in [2.05, 4.69) is 16.5 Å². The zero-order valence-electron chi connectivity index (χ0n) is 22.7. The van der Waals surface area contributed by atoms with E-state index in [4.69, 9.17) is 11.5 Å². The highest BCUT2D eigenvalue weighted by Crippen LogP contribution is 2.41. The van der Waals surface area contributed by atoms with Gasteiger partial charge in [0.05, 0.1) is 28.5 Å². The van der Waals surface area contributed by atoms with Gasteiger partial charge in [-0.2, -0.15) is 15.6 Å². The minimum atomic E-state index is -0.966. The Morgan fingerprint density at radius 3 is 2.61 bits per heavy atom. The smallest absolute Gasteiger partial charge is 0.274 e. The summed E-state index contributed by atoms with van der Waals surface area (Å²) in [4.78, 5) is 13.5. The van der Waals surface area contributed by atoms with Crippen molar-refractivity contribution in [3.63, 3.8) is 0 Å². The molecule has 0 spiro atoms. The number of amides is 1. The monoisotopic (exact) mass is 547 g/mol. The lowest BCUT2D eigenvalue weighted by atomic mass is 9.77. The standard InChI is InChI=1S/C32H30FN7O/c1-20-13-23(18-35)7-9-27(20)32(37,12-11-21-5-6-21)24-8-10-28(33)29(15-24)38-31(41)30-16-25(19-36)39-40(30)26-4-2-3-22(14-26)17-34/h2-4,7-10,13-16,21H,5-6,11-12,17,34,37H2,1H3,(H,38,41). The minimum absolute atomic E-state index is 0.0398. The van der Waals surface area contributed by atoms with Crippen molar-refractivity contribution < 1.29 is 9.18 Å². The molecule has 0 bridgehead atoms. The highest BCUT2D eigenvalue weighted by molar-refractivity contribution is 6.03. The molecule has 1 unspecified atom stereocenters. The normalized spacial score (nSPS) is 14.1. The van der Waals surface area contributed by atoms with Crippen molar-refractivity contribution in [3.8, 4) is 17.8 Å². The summed E-state index contributed by atoms with van der Waals surface area (Å²) in [6.07, 6.45) is 3.87. The second-order valence-electron chi connectivity index (χ2n) is 10.6. The number of aromatic nitrogens is 2. The number of hydrogen-bond acceptors (Lipinski definition) is 6. The van der Waals surface area contributed by atoms with Crippen LogP contribution in [0, 0.1) is 41.3 Å². The van der Waals surface area contributed by atoms with Crippen molar-refractivity contribution in [2.75, 3.05) is 5.32 Å². The van der Waals surface area contributed by atoms with Crippen LogP contribution in [0.3, 0.4) is 0 Å². The lowest BCUT2D eigenvalue weighted by Gasteiger charge is -2.33. The predicted molar refractivity (Wildman–Crippen MR) is 153 cm³/mol. The zero-order valence-corrected chi connectivity index (χ0v) is 22.7. The number of anilines is 1. The first kappa shape index (κ1) is 27.7. The van der Waals surface area contributed by atoms with E-state index >= 15 is 4.39 Å². The predicted octanol–water partition coefficient (Wildman–Crippen LogP) is 5.17. The van der Waals surface area contributed by atoms with E-state index in [1.807, 2.05) is 25.1 Å². The summed E-state index contributed by atoms with van der Waals surface area (Å²) in [5.74, 6) is -0.646. The summed E-state index contributed by atoms with van der Waals surface area (Å²) in [7, 11) is 0. The van der Waals surface area contributed by atoms with Gasteiger partial charge < -0.3 is 16.8 Å². The quantitative estimate of drug-likeness (QED) is 0.264. The van der Waals surface area contributed by atoms with Gasteiger partial charge in [-0.3, -0.25) is 4.79 Å². The maximum absolute atomic E-state index is 15.2. The first-order chi connectivity index (χ1) is 19.7. The second-order valence-corrected chi connectivity index (χ2v) is 10.6. The molecule has 0 radical (unpaired) electrons. The van der Waals surface area contributed by atoms with Crippen molar-refractivity contribution in [2.24, 2.45) is 17.4 Å². The Kier molecular flexibility index (Phi) is 7.67. The molecule has 1 amide bonds. The first-order valence-electron chi connectivity index (χ1n) is 13.5. The number of benzene rings is 3. The van der Waals surface area contributed by atoms with Crippen LogP contribution in [0.2, 0.25) is 0 Å². The van der Waals surface area contributed by atoms with Crippen LogP contribution in [-0.4, -0.2) is 15.7 Å². The van der Waals surface area contributed by atoms with Crippen molar-refractivity contribution in [2.45, 2.75) is 44.7 Å². The number of nitrogens with zero attached hydrogens (tertiary/aromatic N) is 4. The fraction of sp³-hybridized carbons (Fsp3) is 0.250. The lowest BCUT2D eigenvalue weighted by molar-refractivity contribution is 0.101. The molecule has 1 aliphatic carbocycles. The maximum Gasteiger partial charge on any atom is 0.274 e. The van der Waals surface area contributed by atoms with Crippen molar-refractivity contribution in [1.82, 2.24) is 9.78 Å². The van der Waals surface area contributed by atoms with Crippen LogP contribution in [0.4, 0.5) is 10.1 Å². The Bertz CT molecular complexity index is 1710. The fourth-order valence-corrected chi connectivity index (χ4v) is 5.20. The van der Waals surface area contributed by atoms with E-state index in [-0.39, 0.29) is 17.1 Å². The molecule has 8 nitrogen and oxygen atoms in total. The third-order valence-electron chi connectivity index (χ3n) is 7.66. The number of halogens is 1. The molecule has 1 aromatic heterocycles. The van der Waals surface area contributed by atoms with E-state index in [1.165, 1.54) is 29.7 Å². The number of carbonyl (C=O) groups is 1. The van der Waals surface area contributed by atoms with Gasteiger partial charge in [0.2, 0.25) is 0 Å². The Balaban J connectivity index is 1.52. The SMILES string of the molecule is Cc1cc(C#N)ccc1C(N)(CCC1CC1)c1ccc(F)c(NC(=O)c2cc(C#N)nn2-c2cccc(CN)c2)c1. The van der Waals surface area contributed by atoms with Gasteiger partial charge in [0.1, 0.15) is 17.6 Å². The van der Waals surface area contributed by atoms with Crippen molar-refractivity contribution in [3.05, 3.63) is 112 Å². The maximum atomic E-state index is 15.2. The number of nitriles is 2. The molecule has 0 aliphatic heterocycles. The minimum Gasteiger partial charge on any atom is -0.326 e. The number of aryl methyl sites for hydroxylation is 1. The van der Waals surface area contributed by atoms with Gasteiger partial charge in [0.25, 0.3) is 5.91 Å². The topological polar surface area (TPSA) is 147 Å². The highest BCUT2D eigenvalue weighted by Gasteiger charge is 2.34. The van der Waals surface area contributed by atoms with Gasteiger partial charge in [-0.15, -0.1) is 0 Å². The average Bonchev–Trinajstić information content (AvgIpc) is 3.72. The Hall–Kier alpha value is -4.83. The molecule has 5 N–H and O–H groups in total. The first-order valence-corrected chi connectivity index (χ1v) is 13.5. The lowest BCUT2D eigenvalue weighted by Crippen LogP contribution is -2.39. The molecule has 1 fully saturated rings. The van der Waals surface area contributed by atoms with Gasteiger partial charge >= 0.3 is 0 Å². The summed E-state index contributed by atoms with van der Waals surface area (Å²) in [5.41, 5.74) is 16.3. The van der Waals surface area contributed by atoms with E-state index in [9.17, 15) is 15.3 Å². The van der Waals surface area contributed by atoms with Crippen LogP contribution in [0.1, 0.15) is 69.7 Å². The van der Waals surface area contributed by atoms with Crippen LogP contribution >= 0.6 is 0 Å². The molecule has 1 aliphatic rings. The number of nitrogens with two attached hydrogens (primary N) is 2. The fourth-order valence-electron chi connectivity index (χ4n) is 5.20. The average molecular weight is 548 g/mol. The third-order valence-corrected chi connectivity index (χ3v) is 7.66. The molecule has 206 valence electrons. The van der Waals surface area contributed by atoms with Crippen LogP contribution in [-0.2, 0) is 12.1 Å². The van der Waals surface area contributed by atoms with Crippen LogP contribution in [0.25, 0.3) is 5.69 Å². The van der Waals surface area contributed by atoms with Gasteiger partial charge in [0.15, 0.2) is 5.69 Å². The van der Waals surface area contributed by atoms with Crippen LogP contribution < -0.4 is 16.8 Å². The number of hydrogen-bond donors (Lipinski definition) is 3. The molecule has 3 aromatic carbocycles. The summed E-state index contributed by atoms with van der Waals surface area (Å²) in [5, 5.41) is 25.7. The summed E-state index contributed by atoms with van der Waals surface area (Å²) in [6, 6.07) is 22.5. The molecular formula is C32H30FN7O.